The fraction of sp³-hybridized carbons (Fsp3) is 0.625. The van der Waals surface area contributed by atoms with Crippen LogP contribution in [0.15, 0.2) is 29.4 Å². The molecule has 2 unspecified atom stereocenters. The van der Waals surface area contributed by atoms with Crippen LogP contribution in [0.25, 0.3) is 0 Å². The number of halogens is 1. The Morgan fingerprint density at radius 2 is 2.39 bits per heavy atom. The van der Waals surface area contributed by atoms with Crippen molar-refractivity contribution in [2.75, 3.05) is 33.3 Å². The van der Waals surface area contributed by atoms with E-state index in [-0.39, 0.29) is 30.1 Å². The molecule has 2 aliphatic rings. The van der Waals surface area contributed by atoms with Gasteiger partial charge in [-0.1, -0.05) is 6.07 Å². The third kappa shape index (κ3) is 5.20. The van der Waals surface area contributed by atoms with Gasteiger partial charge in [-0.25, -0.2) is 4.98 Å². The van der Waals surface area contributed by atoms with Gasteiger partial charge in [0.05, 0.1) is 12.6 Å². The zero-order valence-electron chi connectivity index (χ0n) is 13.5. The number of ether oxygens (including phenoxy) is 2. The number of guanidine groups is 1. The van der Waals surface area contributed by atoms with E-state index in [2.05, 4.69) is 20.2 Å². The molecule has 2 atom stereocenters. The molecule has 0 aromatic carbocycles. The van der Waals surface area contributed by atoms with Crippen LogP contribution >= 0.6 is 24.0 Å². The molecule has 3 heterocycles. The normalized spacial score (nSPS) is 24.4. The Morgan fingerprint density at radius 1 is 1.48 bits per heavy atom. The third-order valence-corrected chi connectivity index (χ3v) is 4.09. The Balaban J connectivity index is 0.00000192. The van der Waals surface area contributed by atoms with Crippen molar-refractivity contribution in [3.63, 3.8) is 0 Å². The topological polar surface area (TPSA) is 59.0 Å². The molecule has 23 heavy (non-hydrogen) atoms. The average Bonchev–Trinajstić information content (AvgIpc) is 3.21. The number of pyridine rings is 1. The predicted octanol–water partition coefficient (Wildman–Crippen LogP) is 1.91. The molecule has 2 fully saturated rings. The molecule has 0 bridgehead atoms. The van der Waals surface area contributed by atoms with Crippen molar-refractivity contribution in [2.24, 2.45) is 4.99 Å². The average molecular weight is 432 g/mol. The smallest absolute Gasteiger partial charge is 0.213 e. The van der Waals surface area contributed by atoms with Crippen LogP contribution in [0.2, 0.25) is 0 Å². The second-order valence-electron chi connectivity index (χ2n) is 5.71. The van der Waals surface area contributed by atoms with Crippen LogP contribution in [0, 0.1) is 0 Å². The van der Waals surface area contributed by atoms with Gasteiger partial charge in [-0.05, 0) is 18.9 Å². The lowest BCUT2D eigenvalue weighted by Gasteiger charge is -2.23. The summed E-state index contributed by atoms with van der Waals surface area (Å²) in [5, 5.41) is 3.42. The summed E-state index contributed by atoms with van der Waals surface area (Å²) in [6.45, 7) is 3.49. The van der Waals surface area contributed by atoms with Gasteiger partial charge < -0.3 is 19.7 Å². The minimum Gasteiger partial charge on any atom is -0.472 e. The van der Waals surface area contributed by atoms with Crippen LogP contribution in [0.4, 0.5) is 0 Å². The highest BCUT2D eigenvalue weighted by Crippen LogP contribution is 2.16. The number of nitrogens with one attached hydrogen (secondary N) is 1. The van der Waals surface area contributed by atoms with Gasteiger partial charge in [0, 0.05) is 45.4 Å². The molecule has 7 heteroatoms. The van der Waals surface area contributed by atoms with Gasteiger partial charge in [-0.2, -0.15) is 0 Å². The van der Waals surface area contributed by atoms with Crippen molar-refractivity contribution in [1.29, 1.82) is 0 Å². The third-order valence-electron chi connectivity index (χ3n) is 4.09. The maximum absolute atomic E-state index is 5.92. The molecule has 6 nitrogen and oxygen atoms in total. The first kappa shape index (κ1) is 18.3. The molecule has 0 radical (unpaired) electrons. The van der Waals surface area contributed by atoms with E-state index >= 15 is 0 Å². The zero-order valence-corrected chi connectivity index (χ0v) is 15.8. The Hall–Kier alpha value is -1.09. The molecule has 0 spiro atoms. The molecule has 1 aromatic heterocycles. The van der Waals surface area contributed by atoms with E-state index in [0.717, 1.165) is 51.5 Å². The van der Waals surface area contributed by atoms with Crippen molar-refractivity contribution in [3.05, 3.63) is 24.4 Å². The predicted molar refractivity (Wildman–Crippen MR) is 101 cm³/mol. The number of hydrogen-bond donors (Lipinski definition) is 1. The quantitative estimate of drug-likeness (QED) is 0.448. The Kier molecular flexibility index (Phi) is 7.35. The van der Waals surface area contributed by atoms with E-state index in [4.69, 9.17) is 9.47 Å². The van der Waals surface area contributed by atoms with Crippen molar-refractivity contribution in [2.45, 2.75) is 31.5 Å². The number of rotatable bonds is 4. The van der Waals surface area contributed by atoms with Crippen LogP contribution in [0.1, 0.15) is 19.3 Å². The summed E-state index contributed by atoms with van der Waals surface area (Å²) in [6, 6.07) is 5.73. The maximum Gasteiger partial charge on any atom is 0.213 e. The van der Waals surface area contributed by atoms with Crippen molar-refractivity contribution >= 4 is 29.9 Å². The maximum atomic E-state index is 5.92. The van der Waals surface area contributed by atoms with Crippen molar-refractivity contribution in [1.82, 2.24) is 15.2 Å². The SMILES string of the molecule is CN=C(NCC1CCCO1)N1CCC(Oc2ccccn2)C1.I. The second-order valence-corrected chi connectivity index (χ2v) is 5.71. The summed E-state index contributed by atoms with van der Waals surface area (Å²) < 4.78 is 11.6. The second kappa shape index (κ2) is 9.27. The van der Waals surface area contributed by atoms with Gasteiger partial charge in [0.1, 0.15) is 6.10 Å². The summed E-state index contributed by atoms with van der Waals surface area (Å²) in [4.78, 5) is 10.8. The molecule has 0 amide bonds. The molecule has 1 N–H and O–H groups in total. The summed E-state index contributed by atoms with van der Waals surface area (Å²) >= 11 is 0. The van der Waals surface area contributed by atoms with Crippen LogP contribution in [0.3, 0.4) is 0 Å². The molecular formula is C16H25IN4O2. The minimum atomic E-state index is 0. The lowest BCUT2D eigenvalue weighted by Crippen LogP contribution is -2.43. The van der Waals surface area contributed by atoms with Gasteiger partial charge in [0.25, 0.3) is 0 Å². The summed E-state index contributed by atoms with van der Waals surface area (Å²) in [5.41, 5.74) is 0. The Labute approximate surface area is 154 Å². The van der Waals surface area contributed by atoms with Gasteiger partial charge in [0.2, 0.25) is 5.88 Å². The highest BCUT2D eigenvalue weighted by Gasteiger charge is 2.27. The number of nitrogens with zero attached hydrogens (tertiary/aromatic N) is 3. The fourth-order valence-electron chi connectivity index (χ4n) is 2.95. The van der Waals surface area contributed by atoms with E-state index in [9.17, 15) is 0 Å². The van der Waals surface area contributed by atoms with Crippen LogP contribution in [-0.4, -0.2) is 61.3 Å². The molecular weight excluding hydrogens is 407 g/mol. The minimum absolute atomic E-state index is 0. The molecule has 2 saturated heterocycles. The first-order valence-corrected chi connectivity index (χ1v) is 8.00. The molecule has 1 aromatic rings. The number of hydrogen-bond acceptors (Lipinski definition) is 4. The Morgan fingerprint density at radius 3 is 3.09 bits per heavy atom. The number of likely N-dealkylation sites (tertiary alicyclic amines) is 1. The van der Waals surface area contributed by atoms with E-state index in [0.29, 0.717) is 12.0 Å². The van der Waals surface area contributed by atoms with Gasteiger partial charge in [0.15, 0.2) is 5.96 Å². The first-order valence-electron chi connectivity index (χ1n) is 8.00. The summed E-state index contributed by atoms with van der Waals surface area (Å²) in [5.74, 6) is 1.62. The van der Waals surface area contributed by atoms with Crippen molar-refractivity contribution in [3.8, 4) is 5.88 Å². The van der Waals surface area contributed by atoms with Gasteiger partial charge in [-0.3, -0.25) is 4.99 Å². The largest absolute Gasteiger partial charge is 0.472 e. The standard InChI is InChI=1S/C16H24N4O2.HI/c1-17-16(19-11-13-5-4-10-21-13)20-9-7-14(12-20)22-15-6-2-3-8-18-15;/h2-3,6,8,13-14H,4-5,7,9-12H2,1H3,(H,17,19);1H. The summed E-state index contributed by atoms with van der Waals surface area (Å²) in [7, 11) is 1.82. The lowest BCUT2D eigenvalue weighted by atomic mass is 10.2. The van der Waals surface area contributed by atoms with Crippen LogP contribution in [0.5, 0.6) is 5.88 Å². The highest BCUT2D eigenvalue weighted by atomic mass is 127. The monoisotopic (exact) mass is 432 g/mol. The molecule has 128 valence electrons. The number of aromatic nitrogens is 1. The van der Waals surface area contributed by atoms with Crippen LogP contribution in [-0.2, 0) is 4.74 Å². The van der Waals surface area contributed by atoms with E-state index < -0.39 is 0 Å². The first-order chi connectivity index (χ1) is 10.8. The highest BCUT2D eigenvalue weighted by molar-refractivity contribution is 14.0. The molecule has 2 aliphatic heterocycles. The summed E-state index contributed by atoms with van der Waals surface area (Å²) in [6.07, 6.45) is 5.52. The zero-order chi connectivity index (χ0) is 15.2. The van der Waals surface area contributed by atoms with Crippen molar-refractivity contribution < 1.29 is 9.47 Å². The van der Waals surface area contributed by atoms with Gasteiger partial charge in [-0.15, -0.1) is 24.0 Å². The molecule has 0 saturated carbocycles. The van der Waals surface area contributed by atoms with E-state index in [1.807, 2.05) is 25.2 Å². The van der Waals surface area contributed by atoms with Gasteiger partial charge >= 0.3 is 0 Å². The lowest BCUT2D eigenvalue weighted by molar-refractivity contribution is 0.113. The fourth-order valence-corrected chi connectivity index (χ4v) is 2.95. The molecule has 3 rings (SSSR count). The molecule has 0 aliphatic carbocycles. The van der Waals surface area contributed by atoms with Crippen LogP contribution < -0.4 is 10.1 Å². The number of aliphatic imine (C=N–C) groups is 1. The van der Waals surface area contributed by atoms with E-state index in [1.54, 1.807) is 6.20 Å². The Bertz CT molecular complexity index is 494. The van der Waals surface area contributed by atoms with E-state index in [1.165, 1.54) is 0 Å².